The summed E-state index contributed by atoms with van der Waals surface area (Å²) in [5, 5.41) is 11.1. The molecule has 1 aliphatic heterocycles. The number of likely N-dealkylation sites (tertiary alicyclic amines) is 1. The van der Waals surface area contributed by atoms with Crippen LogP contribution in [0.3, 0.4) is 0 Å². The minimum absolute atomic E-state index is 0.219. The fourth-order valence-corrected chi connectivity index (χ4v) is 4.72. The number of carbonyl (C=O) groups excluding carboxylic acids is 1. The lowest BCUT2D eigenvalue weighted by Gasteiger charge is -2.43. The number of fused-ring (bicyclic) bond motifs is 1. The first kappa shape index (κ1) is 19.2. The standard InChI is InChI=1S/C24H29NO3/c1-23(11-10-18-8-9-20(28-2)16-21(18)22(23)26)17-25-14-12-24(27,13-15-25)19-6-4-3-5-7-19/h3-9,16,27H,10-15,17H2,1-2H3. The van der Waals surface area contributed by atoms with E-state index in [0.717, 1.165) is 54.9 Å². The van der Waals surface area contributed by atoms with E-state index in [1.165, 1.54) is 0 Å². The zero-order chi connectivity index (χ0) is 19.8. The molecule has 0 spiro atoms. The third-order valence-electron chi connectivity index (χ3n) is 6.62. The van der Waals surface area contributed by atoms with Crippen LogP contribution in [0.2, 0.25) is 0 Å². The lowest BCUT2D eigenvalue weighted by atomic mass is 9.71. The number of methoxy groups -OCH3 is 1. The fraction of sp³-hybridized carbons (Fsp3) is 0.458. The Morgan fingerprint density at radius 2 is 1.79 bits per heavy atom. The van der Waals surface area contributed by atoms with Gasteiger partial charge >= 0.3 is 0 Å². The molecule has 1 atom stereocenters. The third kappa shape index (κ3) is 3.47. The number of hydrogen-bond acceptors (Lipinski definition) is 4. The average molecular weight is 380 g/mol. The smallest absolute Gasteiger partial charge is 0.170 e. The van der Waals surface area contributed by atoms with Gasteiger partial charge in [0.05, 0.1) is 12.7 Å². The molecule has 0 radical (unpaired) electrons. The van der Waals surface area contributed by atoms with Crippen molar-refractivity contribution in [2.75, 3.05) is 26.7 Å². The van der Waals surface area contributed by atoms with Crippen LogP contribution in [0.5, 0.6) is 5.75 Å². The van der Waals surface area contributed by atoms with E-state index in [0.29, 0.717) is 12.8 Å². The second kappa shape index (κ2) is 7.34. The van der Waals surface area contributed by atoms with E-state index < -0.39 is 5.60 Å². The van der Waals surface area contributed by atoms with Crippen molar-refractivity contribution in [2.45, 2.75) is 38.2 Å². The highest BCUT2D eigenvalue weighted by Gasteiger charge is 2.42. The van der Waals surface area contributed by atoms with Crippen LogP contribution in [0.15, 0.2) is 48.5 Å². The van der Waals surface area contributed by atoms with E-state index in [4.69, 9.17) is 4.74 Å². The summed E-state index contributed by atoms with van der Waals surface area (Å²) in [5.74, 6) is 0.957. The molecule has 28 heavy (non-hydrogen) atoms. The first-order chi connectivity index (χ1) is 13.4. The maximum Gasteiger partial charge on any atom is 0.170 e. The first-order valence-corrected chi connectivity index (χ1v) is 10.2. The van der Waals surface area contributed by atoms with Gasteiger partial charge in [-0.1, -0.05) is 43.3 Å². The zero-order valence-corrected chi connectivity index (χ0v) is 16.8. The Bertz CT molecular complexity index is 855. The van der Waals surface area contributed by atoms with E-state index in [9.17, 15) is 9.90 Å². The van der Waals surface area contributed by atoms with Crippen molar-refractivity contribution < 1.29 is 14.6 Å². The summed E-state index contributed by atoms with van der Waals surface area (Å²) in [5.41, 5.74) is 1.79. The Morgan fingerprint density at radius 1 is 1.07 bits per heavy atom. The number of piperidine rings is 1. The highest BCUT2D eigenvalue weighted by Crippen LogP contribution is 2.39. The number of rotatable bonds is 4. The quantitative estimate of drug-likeness (QED) is 0.878. The molecule has 1 N–H and O–H groups in total. The van der Waals surface area contributed by atoms with Crippen LogP contribution in [-0.4, -0.2) is 42.5 Å². The predicted molar refractivity (Wildman–Crippen MR) is 110 cm³/mol. The molecule has 4 nitrogen and oxygen atoms in total. The molecule has 0 aromatic heterocycles. The van der Waals surface area contributed by atoms with E-state index in [2.05, 4.69) is 11.8 Å². The summed E-state index contributed by atoms with van der Waals surface area (Å²) in [4.78, 5) is 15.6. The molecule has 0 bridgehead atoms. The van der Waals surface area contributed by atoms with Gasteiger partial charge in [-0.05, 0) is 48.9 Å². The van der Waals surface area contributed by atoms with Gasteiger partial charge in [0, 0.05) is 30.6 Å². The maximum atomic E-state index is 13.3. The Hall–Kier alpha value is -2.17. The fourth-order valence-electron chi connectivity index (χ4n) is 4.72. The number of ketones is 1. The van der Waals surface area contributed by atoms with Crippen LogP contribution >= 0.6 is 0 Å². The van der Waals surface area contributed by atoms with Crippen LogP contribution in [0, 0.1) is 5.41 Å². The van der Waals surface area contributed by atoms with Crippen LogP contribution < -0.4 is 4.74 Å². The largest absolute Gasteiger partial charge is 0.497 e. The van der Waals surface area contributed by atoms with Crippen LogP contribution in [-0.2, 0) is 12.0 Å². The van der Waals surface area contributed by atoms with Gasteiger partial charge in [0.15, 0.2) is 5.78 Å². The van der Waals surface area contributed by atoms with Gasteiger partial charge in [0.2, 0.25) is 0 Å². The molecule has 1 aliphatic carbocycles. The van der Waals surface area contributed by atoms with Gasteiger partial charge in [0.1, 0.15) is 5.75 Å². The normalized spacial score (nSPS) is 24.6. The van der Waals surface area contributed by atoms with Crippen LogP contribution in [0.1, 0.15) is 47.7 Å². The van der Waals surface area contributed by atoms with E-state index in [1.54, 1.807) is 7.11 Å². The maximum absolute atomic E-state index is 13.3. The van der Waals surface area contributed by atoms with Crippen molar-refractivity contribution in [3.8, 4) is 5.75 Å². The highest BCUT2D eigenvalue weighted by molar-refractivity contribution is 6.03. The predicted octanol–water partition coefficient (Wildman–Crippen LogP) is 3.81. The molecule has 1 unspecified atom stereocenters. The van der Waals surface area contributed by atoms with Gasteiger partial charge in [-0.25, -0.2) is 0 Å². The molecule has 1 saturated heterocycles. The lowest BCUT2D eigenvalue weighted by Crippen LogP contribution is -2.49. The van der Waals surface area contributed by atoms with Crippen molar-refractivity contribution in [3.63, 3.8) is 0 Å². The second-order valence-corrected chi connectivity index (χ2v) is 8.59. The van der Waals surface area contributed by atoms with Gasteiger partial charge in [0.25, 0.3) is 0 Å². The molecule has 148 valence electrons. The third-order valence-corrected chi connectivity index (χ3v) is 6.62. The monoisotopic (exact) mass is 379 g/mol. The van der Waals surface area contributed by atoms with E-state index >= 15 is 0 Å². The summed E-state index contributed by atoms with van der Waals surface area (Å²) >= 11 is 0. The van der Waals surface area contributed by atoms with Gasteiger partial charge in [-0.3, -0.25) is 4.79 Å². The summed E-state index contributed by atoms with van der Waals surface area (Å²) in [7, 11) is 1.63. The molecule has 4 heteroatoms. The Kier molecular flexibility index (Phi) is 5.02. The molecule has 0 amide bonds. The number of hydrogen-bond donors (Lipinski definition) is 1. The van der Waals surface area contributed by atoms with Gasteiger partial charge in [-0.2, -0.15) is 0 Å². The molecule has 1 heterocycles. The molecule has 1 fully saturated rings. The second-order valence-electron chi connectivity index (χ2n) is 8.59. The number of aliphatic hydroxyl groups is 1. The number of nitrogens with zero attached hydrogens (tertiary/aromatic N) is 1. The lowest BCUT2D eigenvalue weighted by molar-refractivity contribution is -0.0326. The number of Topliss-reactive ketones (excluding diaryl/α,β-unsaturated/α-hetero) is 1. The molecular formula is C24H29NO3. The minimum Gasteiger partial charge on any atom is -0.497 e. The number of benzene rings is 2. The highest BCUT2D eigenvalue weighted by atomic mass is 16.5. The zero-order valence-electron chi connectivity index (χ0n) is 16.8. The summed E-state index contributed by atoms with van der Waals surface area (Å²) < 4.78 is 5.32. The van der Waals surface area contributed by atoms with Crippen molar-refractivity contribution >= 4 is 5.78 Å². The number of ether oxygens (including phenoxy) is 1. The Balaban J connectivity index is 1.45. The van der Waals surface area contributed by atoms with E-state index in [-0.39, 0.29) is 11.2 Å². The summed E-state index contributed by atoms with van der Waals surface area (Å²) in [6.45, 7) is 4.45. The topological polar surface area (TPSA) is 49.8 Å². The Morgan fingerprint density at radius 3 is 2.46 bits per heavy atom. The van der Waals surface area contributed by atoms with Crippen LogP contribution in [0.4, 0.5) is 0 Å². The molecule has 0 saturated carbocycles. The Labute approximate surface area is 167 Å². The van der Waals surface area contributed by atoms with Gasteiger partial charge in [-0.15, -0.1) is 0 Å². The van der Waals surface area contributed by atoms with Crippen molar-refractivity contribution in [1.82, 2.24) is 4.90 Å². The molecule has 2 aliphatic rings. The summed E-state index contributed by atoms with van der Waals surface area (Å²) in [6, 6.07) is 15.8. The molecular weight excluding hydrogens is 350 g/mol. The number of aryl methyl sites for hydroxylation is 1. The first-order valence-electron chi connectivity index (χ1n) is 10.2. The SMILES string of the molecule is COc1ccc2c(c1)C(=O)C(C)(CN1CCC(O)(c3ccccc3)CC1)CC2. The van der Waals surface area contributed by atoms with Crippen molar-refractivity contribution in [3.05, 3.63) is 65.2 Å². The van der Waals surface area contributed by atoms with Crippen molar-refractivity contribution in [2.24, 2.45) is 5.41 Å². The number of carbonyl (C=O) groups is 1. The minimum atomic E-state index is -0.755. The van der Waals surface area contributed by atoms with Crippen LogP contribution in [0.25, 0.3) is 0 Å². The molecule has 2 aromatic rings. The van der Waals surface area contributed by atoms with E-state index in [1.807, 2.05) is 48.5 Å². The average Bonchev–Trinajstić information content (AvgIpc) is 2.73. The van der Waals surface area contributed by atoms with Gasteiger partial charge < -0.3 is 14.7 Å². The molecule has 2 aromatic carbocycles. The van der Waals surface area contributed by atoms with Crippen molar-refractivity contribution in [1.29, 1.82) is 0 Å². The summed E-state index contributed by atoms with van der Waals surface area (Å²) in [6.07, 6.45) is 3.19. The molecule has 4 rings (SSSR count).